The summed E-state index contributed by atoms with van der Waals surface area (Å²) in [6.07, 6.45) is 7.67. The molecule has 19 heavy (non-hydrogen) atoms. The minimum absolute atomic E-state index is 0.715. The highest BCUT2D eigenvalue weighted by Crippen LogP contribution is 2.24. The van der Waals surface area contributed by atoms with Crippen molar-refractivity contribution in [3.63, 3.8) is 0 Å². The van der Waals surface area contributed by atoms with Crippen LogP contribution < -0.4 is 10.2 Å². The van der Waals surface area contributed by atoms with Crippen molar-refractivity contribution < 1.29 is 0 Å². The van der Waals surface area contributed by atoms with Gasteiger partial charge in [-0.15, -0.1) is 0 Å². The molecule has 3 rings (SSSR count). The summed E-state index contributed by atoms with van der Waals surface area (Å²) in [4.78, 5) is 13.9. The Bertz CT molecular complexity index is 416. The Balaban J connectivity index is 1.65. The first-order valence-corrected chi connectivity index (χ1v) is 7.41. The number of likely N-dealkylation sites (tertiary alicyclic amines) is 1. The van der Waals surface area contributed by atoms with Gasteiger partial charge in [0.2, 0.25) is 0 Å². The van der Waals surface area contributed by atoms with E-state index in [-0.39, 0.29) is 0 Å². The monoisotopic (exact) mass is 261 g/mol. The van der Waals surface area contributed by atoms with E-state index in [9.17, 15) is 0 Å². The molecule has 1 atom stereocenters. The third-order valence-electron chi connectivity index (χ3n) is 4.12. The van der Waals surface area contributed by atoms with Gasteiger partial charge in [0.15, 0.2) is 0 Å². The van der Waals surface area contributed by atoms with E-state index in [1.807, 2.05) is 6.20 Å². The zero-order valence-corrected chi connectivity index (χ0v) is 11.7. The zero-order chi connectivity index (χ0) is 13.1. The Morgan fingerprint density at radius 1 is 1.26 bits per heavy atom. The van der Waals surface area contributed by atoms with E-state index in [0.29, 0.717) is 6.04 Å². The van der Waals surface area contributed by atoms with Crippen LogP contribution in [0.4, 0.5) is 11.6 Å². The molecule has 5 heteroatoms. The largest absolute Gasteiger partial charge is 0.369 e. The summed E-state index contributed by atoms with van der Waals surface area (Å²) in [5.41, 5.74) is 0. The second kappa shape index (κ2) is 5.74. The van der Waals surface area contributed by atoms with Crippen molar-refractivity contribution in [1.29, 1.82) is 0 Å². The molecule has 3 heterocycles. The molecular weight excluding hydrogens is 238 g/mol. The van der Waals surface area contributed by atoms with Gasteiger partial charge in [-0.05, 0) is 39.3 Å². The Morgan fingerprint density at radius 2 is 2.11 bits per heavy atom. The van der Waals surface area contributed by atoms with Gasteiger partial charge in [0.05, 0.1) is 12.4 Å². The van der Waals surface area contributed by atoms with E-state index in [0.717, 1.165) is 31.3 Å². The van der Waals surface area contributed by atoms with Crippen LogP contribution in [-0.2, 0) is 0 Å². The summed E-state index contributed by atoms with van der Waals surface area (Å²) >= 11 is 0. The lowest BCUT2D eigenvalue weighted by Crippen LogP contribution is -2.35. The number of rotatable bonds is 4. The third-order valence-corrected chi connectivity index (χ3v) is 4.12. The fourth-order valence-corrected chi connectivity index (χ4v) is 3.13. The van der Waals surface area contributed by atoms with Crippen LogP contribution in [0.3, 0.4) is 0 Å². The Labute approximate surface area is 115 Å². The minimum Gasteiger partial charge on any atom is -0.369 e. The molecule has 0 saturated carbocycles. The van der Waals surface area contributed by atoms with Crippen molar-refractivity contribution in [3.05, 3.63) is 12.4 Å². The van der Waals surface area contributed by atoms with Crippen LogP contribution in [0.2, 0.25) is 0 Å². The zero-order valence-electron chi connectivity index (χ0n) is 11.7. The number of nitrogens with zero attached hydrogens (tertiary/aromatic N) is 4. The maximum atomic E-state index is 4.64. The predicted octanol–water partition coefficient (Wildman–Crippen LogP) is 1.58. The average Bonchev–Trinajstić information content (AvgIpc) is 3.11. The van der Waals surface area contributed by atoms with Gasteiger partial charge in [-0.1, -0.05) is 0 Å². The highest BCUT2D eigenvalue weighted by Gasteiger charge is 2.29. The molecule has 2 aliphatic heterocycles. The molecule has 2 aliphatic rings. The highest BCUT2D eigenvalue weighted by molar-refractivity contribution is 5.44. The maximum absolute atomic E-state index is 4.64. The number of aromatic nitrogens is 2. The number of anilines is 2. The van der Waals surface area contributed by atoms with Crippen LogP contribution >= 0.6 is 0 Å². The topological polar surface area (TPSA) is 44.3 Å². The van der Waals surface area contributed by atoms with Crippen LogP contribution in [-0.4, -0.2) is 53.6 Å². The lowest BCUT2D eigenvalue weighted by molar-refractivity contribution is 0.260. The van der Waals surface area contributed by atoms with E-state index in [1.54, 1.807) is 6.20 Å². The van der Waals surface area contributed by atoms with Crippen molar-refractivity contribution in [2.45, 2.75) is 32.2 Å². The lowest BCUT2D eigenvalue weighted by Gasteiger charge is -2.24. The van der Waals surface area contributed by atoms with E-state index in [1.165, 1.54) is 32.4 Å². The Kier molecular flexibility index (Phi) is 3.82. The quantitative estimate of drug-likeness (QED) is 0.891. The molecule has 1 aromatic heterocycles. The van der Waals surface area contributed by atoms with Crippen molar-refractivity contribution in [2.24, 2.45) is 0 Å². The molecule has 2 saturated heterocycles. The van der Waals surface area contributed by atoms with Gasteiger partial charge < -0.3 is 10.2 Å². The molecule has 0 amide bonds. The first-order valence-electron chi connectivity index (χ1n) is 7.41. The summed E-state index contributed by atoms with van der Waals surface area (Å²) < 4.78 is 0. The summed E-state index contributed by atoms with van der Waals surface area (Å²) in [7, 11) is 0. The maximum Gasteiger partial charge on any atom is 0.149 e. The van der Waals surface area contributed by atoms with Crippen LogP contribution in [0.1, 0.15) is 26.2 Å². The summed E-state index contributed by atoms with van der Waals surface area (Å²) in [6.45, 7) is 7.72. The average molecular weight is 261 g/mol. The van der Waals surface area contributed by atoms with Crippen LogP contribution in [0.25, 0.3) is 0 Å². The molecule has 0 aliphatic carbocycles. The van der Waals surface area contributed by atoms with Crippen molar-refractivity contribution in [2.75, 3.05) is 42.9 Å². The SMILES string of the molecule is CCNc1cncc(N2CCC(N3CCCC3)C2)n1. The van der Waals surface area contributed by atoms with E-state index < -0.39 is 0 Å². The van der Waals surface area contributed by atoms with E-state index >= 15 is 0 Å². The summed E-state index contributed by atoms with van der Waals surface area (Å²) in [5, 5.41) is 3.23. The van der Waals surface area contributed by atoms with Crippen molar-refractivity contribution in [3.8, 4) is 0 Å². The predicted molar refractivity (Wildman–Crippen MR) is 77.6 cm³/mol. The van der Waals surface area contributed by atoms with Gasteiger partial charge in [0.1, 0.15) is 11.6 Å². The molecule has 1 N–H and O–H groups in total. The smallest absolute Gasteiger partial charge is 0.149 e. The van der Waals surface area contributed by atoms with Gasteiger partial charge >= 0.3 is 0 Å². The fraction of sp³-hybridized carbons (Fsp3) is 0.714. The minimum atomic E-state index is 0.715. The standard InChI is InChI=1S/C14H23N5/c1-2-16-13-9-15-10-14(17-13)19-8-5-12(11-19)18-6-3-4-7-18/h9-10,12H,2-8,11H2,1H3,(H,16,17). The summed E-state index contributed by atoms with van der Waals surface area (Å²) in [5.74, 6) is 1.89. The Hall–Kier alpha value is -1.36. The molecular formula is C14H23N5. The first kappa shape index (κ1) is 12.7. The van der Waals surface area contributed by atoms with Crippen LogP contribution in [0.5, 0.6) is 0 Å². The third kappa shape index (κ3) is 2.81. The van der Waals surface area contributed by atoms with Gasteiger partial charge in [-0.3, -0.25) is 9.88 Å². The second-order valence-corrected chi connectivity index (χ2v) is 5.42. The molecule has 0 spiro atoms. The van der Waals surface area contributed by atoms with E-state index in [4.69, 9.17) is 0 Å². The number of hydrogen-bond donors (Lipinski definition) is 1. The lowest BCUT2D eigenvalue weighted by atomic mass is 10.2. The second-order valence-electron chi connectivity index (χ2n) is 5.42. The van der Waals surface area contributed by atoms with Gasteiger partial charge in [-0.2, -0.15) is 0 Å². The fourth-order valence-electron chi connectivity index (χ4n) is 3.13. The van der Waals surface area contributed by atoms with Gasteiger partial charge in [-0.25, -0.2) is 4.98 Å². The Morgan fingerprint density at radius 3 is 2.89 bits per heavy atom. The normalized spacial score (nSPS) is 24.1. The van der Waals surface area contributed by atoms with Crippen LogP contribution in [0.15, 0.2) is 12.4 Å². The molecule has 1 unspecified atom stereocenters. The molecule has 104 valence electrons. The molecule has 2 fully saturated rings. The first-order chi connectivity index (χ1) is 9.36. The van der Waals surface area contributed by atoms with E-state index in [2.05, 4.69) is 32.0 Å². The van der Waals surface area contributed by atoms with Crippen molar-refractivity contribution in [1.82, 2.24) is 14.9 Å². The summed E-state index contributed by atoms with van der Waals surface area (Å²) in [6, 6.07) is 0.715. The highest BCUT2D eigenvalue weighted by atomic mass is 15.3. The number of hydrogen-bond acceptors (Lipinski definition) is 5. The van der Waals surface area contributed by atoms with Crippen LogP contribution in [0, 0.1) is 0 Å². The van der Waals surface area contributed by atoms with Crippen molar-refractivity contribution >= 4 is 11.6 Å². The molecule has 0 bridgehead atoms. The molecule has 1 aromatic rings. The molecule has 0 aromatic carbocycles. The van der Waals surface area contributed by atoms with Gasteiger partial charge in [0.25, 0.3) is 0 Å². The number of nitrogens with one attached hydrogen (secondary N) is 1. The molecule has 5 nitrogen and oxygen atoms in total. The van der Waals surface area contributed by atoms with Gasteiger partial charge in [0, 0.05) is 25.7 Å². The molecule has 0 radical (unpaired) electrons.